The Morgan fingerprint density at radius 2 is 1.60 bits per heavy atom. The van der Waals surface area contributed by atoms with Gasteiger partial charge in [0.05, 0.1) is 11.1 Å². The summed E-state index contributed by atoms with van der Waals surface area (Å²) in [6, 6.07) is 11.6. The highest BCUT2D eigenvalue weighted by atomic mass is 19.4. The molecule has 0 saturated heterocycles. The molecule has 0 fully saturated rings. The van der Waals surface area contributed by atoms with Gasteiger partial charge in [-0.15, -0.1) is 0 Å². The van der Waals surface area contributed by atoms with Gasteiger partial charge in [-0.3, -0.25) is 4.79 Å². The van der Waals surface area contributed by atoms with Gasteiger partial charge in [-0.2, -0.15) is 13.2 Å². The number of alkyl halides is 3. The lowest BCUT2D eigenvalue weighted by Gasteiger charge is -2.13. The number of amides is 1. The zero-order valence-electron chi connectivity index (χ0n) is 10.7. The first-order valence-electron chi connectivity index (χ1n) is 5.93. The normalized spacial score (nSPS) is 11.2. The fourth-order valence-electron chi connectivity index (χ4n) is 1.83. The Labute approximate surface area is 115 Å². The van der Waals surface area contributed by atoms with Crippen molar-refractivity contribution in [3.63, 3.8) is 0 Å². The van der Waals surface area contributed by atoms with Crippen molar-refractivity contribution in [2.24, 2.45) is 0 Å². The first-order chi connectivity index (χ1) is 9.39. The van der Waals surface area contributed by atoms with Gasteiger partial charge in [0.1, 0.15) is 7.85 Å². The van der Waals surface area contributed by atoms with E-state index in [0.717, 1.165) is 17.6 Å². The molecule has 2 rings (SSSR count). The lowest BCUT2D eigenvalue weighted by Crippen LogP contribution is -2.22. The van der Waals surface area contributed by atoms with Crippen LogP contribution in [0.4, 0.5) is 18.9 Å². The van der Waals surface area contributed by atoms with Crippen molar-refractivity contribution >= 4 is 24.9 Å². The molecular formula is C14H11BF3NO. The van der Waals surface area contributed by atoms with Crippen LogP contribution in [0, 0.1) is 0 Å². The van der Waals surface area contributed by atoms with E-state index in [9.17, 15) is 18.0 Å². The number of nitrogens with one attached hydrogen (secondary N) is 1. The fourth-order valence-corrected chi connectivity index (χ4v) is 1.83. The van der Waals surface area contributed by atoms with Crippen molar-refractivity contribution in [3.8, 4) is 0 Å². The van der Waals surface area contributed by atoms with Crippen LogP contribution >= 0.6 is 0 Å². The lowest BCUT2D eigenvalue weighted by atomic mass is 9.94. The summed E-state index contributed by atoms with van der Waals surface area (Å²) in [5, 5.41) is 2.50. The minimum absolute atomic E-state index is 0.386. The van der Waals surface area contributed by atoms with Crippen LogP contribution in [0.25, 0.3) is 0 Å². The van der Waals surface area contributed by atoms with E-state index in [1.807, 2.05) is 0 Å². The molecule has 1 amide bonds. The van der Waals surface area contributed by atoms with E-state index in [1.165, 1.54) is 12.1 Å². The summed E-state index contributed by atoms with van der Waals surface area (Å²) in [6.07, 6.45) is -4.56. The number of para-hydroxylation sites is 1. The lowest BCUT2D eigenvalue weighted by molar-refractivity contribution is -0.137. The van der Waals surface area contributed by atoms with Crippen LogP contribution in [-0.2, 0) is 6.18 Å². The summed E-state index contributed by atoms with van der Waals surface area (Å²) in [5.74, 6) is -0.771. The first-order valence-corrected chi connectivity index (χ1v) is 5.93. The topological polar surface area (TPSA) is 29.1 Å². The van der Waals surface area contributed by atoms with Crippen LogP contribution in [-0.4, -0.2) is 13.8 Å². The van der Waals surface area contributed by atoms with Crippen LogP contribution in [0.2, 0.25) is 0 Å². The molecule has 1 N–H and O–H groups in total. The van der Waals surface area contributed by atoms with Crippen molar-refractivity contribution < 1.29 is 18.0 Å². The average molecular weight is 277 g/mol. The molecule has 0 radical (unpaired) electrons. The molecule has 2 nitrogen and oxygen atoms in total. The number of halogens is 3. The Hall–Kier alpha value is -2.24. The number of benzene rings is 2. The summed E-state index contributed by atoms with van der Waals surface area (Å²) in [4.78, 5) is 12.0. The van der Waals surface area contributed by atoms with Crippen LogP contribution in [0.15, 0.2) is 48.5 Å². The van der Waals surface area contributed by atoms with Gasteiger partial charge in [0.2, 0.25) is 0 Å². The Kier molecular flexibility index (Phi) is 3.83. The van der Waals surface area contributed by atoms with Crippen molar-refractivity contribution in [2.45, 2.75) is 6.18 Å². The van der Waals surface area contributed by atoms with Crippen LogP contribution in [0.3, 0.4) is 0 Å². The maximum Gasteiger partial charge on any atom is 0.417 e. The third-order valence-electron chi connectivity index (χ3n) is 2.87. The second-order valence-electron chi connectivity index (χ2n) is 4.31. The van der Waals surface area contributed by atoms with E-state index in [2.05, 4.69) is 5.32 Å². The van der Waals surface area contributed by atoms with Crippen LogP contribution < -0.4 is 10.8 Å². The molecule has 0 aliphatic carbocycles. The molecule has 0 heterocycles. The van der Waals surface area contributed by atoms with E-state index >= 15 is 0 Å². The molecule has 0 aromatic heterocycles. The largest absolute Gasteiger partial charge is 0.417 e. The second-order valence-corrected chi connectivity index (χ2v) is 4.31. The number of hydrogen-bond acceptors (Lipinski definition) is 1. The molecule has 102 valence electrons. The van der Waals surface area contributed by atoms with Crippen LogP contribution in [0.1, 0.15) is 15.9 Å². The molecule has 0 spiro atoms. The van der Waals surface area contributed by atoms with Gasteiger partial charge in [0.25, 0.3) is 5.91 Å². The predicted molar refractivity (Wildman–Crippen MR) is 74.0 cm³/mol. The van der Waals surface area contributed by atoms with Gasteiger partial charge in [-0.1, -0.05) is 35.8 Å². The smallest absolute Gasteiger partial charge is 0.323 e. The summed E-state index contributed by atoms with van der Waals surface area (Å²) in [5.41, 5.74) is -0.0471. The van der Waals surface area contributed by atoms with Gasteiger partial charge in [-0.25, -0.2) is 0 Å². The monoisotopic (exact) mass is 277 g/mol. The van der Waals surface area contributed by atoms with Gasteiger partial charge in [0, 0.05) is 5.69 Å². The third kappa shape index (κ3) is 3.01. The number of carbonyl (C=O) groups is 1. The fraction of sp³-hybridized carbons (Fsp3) is 0.0714. The standard InChI is InChI=1S/C14H11BF3NO/c15-11-7-3-4-8-12(11)19-13(20)9-5-1-2-6-10(9)14(16,17)18/h1-8H,15H2,(H,19,20). The molecule has 0 bridgehead atoms. The van der Waals surface area contributed by atoms with E-state index in [0.29, 0.717) is 5.69 Å². The third-order valence-corrected chi connectivity index (χ3v) is 2.87. The Morgan fingerprint density at radius 1 is 1.00 bits per heavy atom. The summed E-state index contributed by atoms with van der Waals surface area (Å²) in [7, 11) is 1.77. The molecular weight excluding hydrogens is 266 g/mol. The Balaban J connectivity index is 2.34. The zero-order chi connectivity index (χ0) is 14.8. The summed E-state index contributed by atoms with van der Waals surface area (Å²) in [6.45, 7) is 0. The van der Waals surface area contributed by atoms with E-state index < -0.39 is 17.6 Å². The number of hydrogen-bond donors (Lipinski definition) is 1. The average Bonchev–Trinajstić information content (AvgIpc) is 2.40. The molecule has 2 aromatic carbocycles. The predicted octanol–water partition coefficient (Wildman–Crippen LogP) is 2.22. The maximum absolute atomic E-state index is 12.8. The van der Waals surface area contributed by atoms with Gasteiger partial charge >= 0.3 is 6.18 Å². The number of carbonyl (C=O) groups excluding carboxylic acids is 1. The molecule has 0 saturated carbocycles. The molecule has 20 heavy (non-hydrogen) atoms. The Bertz CT molecular complexity index is 640. The second kappa shape index (κ2) is 5.40. The summed E-state index contributed by atoms with van der Waals surface area (Å²) < 4.78 is 38.5. The van der Waals surface area contributed by atoms with Crippen molar-refractivity contribution in [3.05, 3.63) is 59.7 Å². The SMILES string of the molecule is Bc1ccccc1NC(=O)c1ccccc1C(F)(F)F. The number of rotatable bonds is 2. The molecule has 0 aliphatic rings. The van der Waals surface area contributed by atoms with E-state index in [-0.39, 0.29) is 5.56 Å². The Morgan fingerprint density at radius 3 is 2.25 bits per heavy atom. The molecule has 6 heteroatoms. The van der Waals surface area contributed by atoms with Crippen molar-refractivity contribution in [1.82, 2.24) is 0 Å². The molecule has 0 unspecified atom stereocenters. The first kappa shape index (κ1) is 14.2. The highest BCUT2D eigenvalue weighted by Gasteiger charge is 2.34. The van der Waals surface area contributed by atoms with Crippen molar-refractivity contribution in [1.29, 1.82) is 0 Å². The highest BCUT2D eigenvalue weighted by molar-refractivity contribution is 6.36. The van der Waals surface area contributed by atoms with Gasteiger partial charge < -0.3 is 5.32 Å². The van der Waals surface area contributed by atoms with Gasteiger partial charge in [0.15, 0.2) is 0 Å². The van der Waals surface area contributed by atoms with E-state index in [1.54, 1.807) is 32.1 Å². The zero-order valence-corrected chi connectivity index (χ0v) is 10.7. The molecule has 0 atom stereocenters. The number of anilines is 1. The van der Waals surface area contributed by atoms with Crippen LogP contribution in [0.5, 0.6) is 0 Å². The van der Waals surface area contributed by atoms with E-state index in [4.69, 9.17) is 0 Å². The molecule has 2 aromatic rings. The molecule has 0 aliphatic heterocycles. The quantitative estimate of drug-likeness (QED) is 0.838. The minimum Gasteiger partial charge on any atom is -0.323 e. The highest BCUT2D eigenvalue weighted by Crippen LogP contribution is 2.32. The summed E-state index contributed by atoms with van der Waals surface area (Å²) >= 11 is 0. The minimum atomic E-state index is -4.56. The maximum atomic E-state index is 12.8. The van der Waals surface area contributed by atoms with Crippen molar-refractivity contribution in [2.75, 3.05) is 5.32 Å². The van der Waals surface area contributed by atoms with Gasteiger partial charge in [-0.05, 0) is 18.2 Å².